The van der Waals surface area contributed by atoms with Crippen LogP contribution in [0.25, 0.3) is 5.69 Å². The Labute approximate surface area is 214 Å². The molecule has 0 bridgehead atoms. The van der Waals surface area contributed by atoms with Crippen molar-refractivity contribution in [2.24, 2.45) is 0 Å². The minimum Gasteiger partial charge on any atom is -0.354 e. The van der Waals surface area contributed by atoms with Crippen LogP contribution in [0.2, 0.25) is 0 Å². The van der Waals surface area contributed by atoms with Crippen LogP contribution in [-0.2, 0) is 19.5 Å². The summed E-state index contributed by atoms with van der Waals surface area (Å²) in [6, 6.07) is 13.5. The molecule has 2 aromatic carbocycles. The van der Waals surface area contributed by atoms with Gasteiger partial charge in [-0.05, 0) is 61.8 Å². The van der Waals surface area contributed by atoms with Gasteiger partial charge in [-0.1, -0.05) is 45.4 Å². The van der Waals surface area contributed by atoms with E-state index in [2.05, 4.69) is 35.5 Å². The highest BCUT2D eigenvalue weighted by molar-refractivity contribution is 5.56. The molecule has 0 aliphatic carbocycles. The third-order valence-electron chi connectivity index (χ3n) is 6.94. The molecule has 5 nitrogen and oxygen atoms in total. The van der Waals surface area contributed by atoms with Gasteiger partial charge in [-0.25, -0.2) is 13.5 Å². The van der Waals surface area contributed by atoms with Crippen molar-refractivity contribution in [3.05, 3.63) is 77.0 Å². The second kappa shape index (κ2) is 12.5. The lowest BCUT2D eigenvalue weighted by atomic mass is 10.1. The largest absolute Gasteiger partial charge is 0.354 e. The Bertz CT molecular complexity index is 1100. The van der Waals surface area contributed by atoms with Crippen molar-refractivity contribution in [2.75, 3.05) is 44.2 Å². The molecular formula is C29H39F2N5. The average molecular weight is 496 g/mol. The predicted octanol–water partition coefficient (Wildman–Crippen LogP) is 5.66. The molecule has 0 atom stereocenters. The van der Waals surface area contributed by atoms with Gasteiger partial charge in [0, 0.05) is 44.8 Å². The minimum atomic E-state index is -0.257. The third-order valence-corrected chi connectivity index (χ3v) is 6.94. The van der Waals surface area contributed by atoms with Crippen LogP contribution in [0.3, 0.4) is 0 Å². The topological polar surface area (TPSA) is 27.5 Å². The maximum Gasteiger partial charge on any atom is 0.137 e. The fourth-order valence-corrected chi connectivity index (χ4v) is 5.08. The SMILES string of the molecule is CCCc1nn(-c2cccc(F)c2)c(N2CCN(CC)CC2)c1CN(CCC)Cc1ccc(F)cc1. The van der Waals surface area contributed by atoms with Crippen LogP contribution < -0.4 is 4.90 Å². The van der Waals surface area contributed by atoms with Gasteiger partial charge in [-0.2, -0.15) is 5.10 Å². The van der Waals surface area contributed by atoms with E-state index in [9.17, 15) is 8.78 Å². The molecule has 0 N–H and O–H groups in total. The monoisotopic (exact) mass is 495 g/mol. The molecule has 0 spiro atoms. The number of likely N-dealkylation sites (N-methyl/N-ethyl adjacent to an activating group) is 1. The van der Waals surface area contributed by atoms with Crippen LogP contribution in [0, 0.1) is 11.6 Å². The normalized spacial score (nSPS) is 14.7. The zero-order valence-electron chi connectivity index (χ0n) is 21.9. The number of rotatable bonds is 11. The molecule has 1 aliphatic rings. The molecule has 194 valence electrons. The molecule has 1 saturated heterocycles. The van der Waals surface area contributed by atoms with Crippen molar-refractivity contribution in [3.63, 3.8) is 0 Å². The van der Waals surface area contributed by atoms with Gasteiger partial charge in [0.15, 0.2) is 0 Å². The van der Waals surface area contributed by atoms with E-state index in [-0.39, 0.29) is 11.6 Å². The van der Waals surface area contributed by atoms with Gasteiger partial charge in [0.2, 0.25) is 0 Å². The molecule has 7 heteroatoms. The van der Waals surface area contributed by atoms with Gasteiger partial charge < -0.3 is 9.80 Å². The van der Waals surface area contributed by atoms with Crippen LogP contribution in [-0.4, -0.2) is 58.8 Å². The lowest BCUT2D eigenvalue weighted by Gasteiger charge is -2.36. The summed E-state index contributed by atoms with van der Waals surface area (Å²) >= 11 is 0. The molecular weight excluding hydrogens is 456 g/mol. The van der Waals surface area contributed by atoms with Crippen molar-refractivity contribution in [2.45, 2.75) is 53.1 Å². The van der Waals surface area contributed by atoms with Gasteiger partial charge in [-0.15, -0.1) is 0 Å². The molecule has 4 rings (SSSR count). The molecule has 1 aromatic heterocycles. The standard InChI is InChI=1S/C29H39F2N5/c1-4-8-28-27(22-34(15-5-2)21-23-11-13-24(30)14-12-23)29(35-18-16-33(6-3)17-19-35)36(32-28)26-10-7-9-25(31)20-26/h7,9-14,20H,4-6,8,15-19,21-22H2,1-3H3. The van der Waals surface area contributed by atoms with Crippen LogP contribution in [0.15, 0.2) is 48.5 Å². The first kappa shape index (κ1) is 26.3. The van der Waals surface area contributed by atoms with E-state index in [4.69, 9.17) is 5.10 Å². The van der Waals surface area contributed by atoms with E-state index in [0.29, 0.717) is 0 Å². The first-order valence-corrected chi connectivity index (χ1v) is 13.3. The second-order valence-electron chi connectivity index (χ2n) is 9.65. The van der Waals surface area contributed by atoms with E-state index in [1.54, 1.807) is 12.1 Å². The molecule has 36 heavy (non-hydrogen) atoms. The summed E-state index contributed by atoms with van der Waals surface area (Å²) in [6.07, 6.45) is 2.88. The van der Waals surface area contributed by atoms with E-state index in [1.165, 1.54) is 23.8 Å². The van der Waals surface area contributed by atoms with Gasteiger partial charge in [0.1, 0.15) is 17.5 Å². The van der Waals surface area contributed by atoms with Crippen LogP contribution in [0.1, 0.15) is 50.4 Å². The summed E-state index contributed by atoms with van der Waals surface area (Å²) in [7, 11) is 0. The molecule has 0 amide bonds. The molecule has 1 aliphatic heterocycles. The molecule has 0 unspecified atom stereocenters. The number of halogens is 2. The molecule has 0 saturated carbocycles. The van der Waals surface area contributed by atoms with E-state index < -0.39 is 0 Å². The summed E-state index contributed by atoms with van der Waals surface area (Å²) in [5.41, 5.74) is 4.15. The highest BCUT2D eigenvalue weighted by atomic mass is 19.1. The second-order valence-corrected chi connectivity index (χ2v) is 9.65. The number of benzene rings is 2. The highest BCUT2D eigenvalue weighted by Crippen LogP contribution is 2.31. The van der Waals surface area contributed by atoms with E-state index in [1.807, 2.05) is 22.9 Å². The summed E-state index contributed by atoms with van der Waals surface area (Å²) < 4.78 is 29.7. The Kier molecular flexibility index (Phi) is 9.10. The van der Waals surface area contributed by atoms with Crippen LogP contribution in [0.4, 0.5) is 14.6 Å². The van der Waals surface area contributed by atoms with Crippen molar-refractivity contribution in [1.29, 1.82) is 0 Å². The molecule has 0 radical (unpaired) electrons. The van der Waals surface area contributed by atoms with Crippen molar-refractivity contribution >= 4 is 5.82 Å². The number of anilines is 1. The Morgan fingerprint density at radius 2 is 1.61 bits per heavy atom. The van der Waals surface area contributed by atoms with E-state index in [0.717, 1.165) is 94.4 Å². The quantitative estimate of drug-likeness (QED) is 0.343. The fraction of sp³-hybridized carbons (Fsp3) is 0.483. The first-order chi connectivity index (χ1) is 17.5. The van der Waals surface area contributed by atoms with Crippen molar-refractivity contribution < 1.29 is 8.78 Å². The minimum absolute atomic E-state index is 0.212. The van der Waals surface area contributed by atoms with Gasteiger partial charge in [0.25, 0.3) is 0 Å². The summed E-state index contributed by atoms with van der Waals surface area (Å²) in [5, 5.41) is 5.08. The molecule has 2 heterocycles. The highest BCUT2D eigenvalue weighted by Gasteiger charge is 2.27. The number of hydrogen-bond donors (Lipinski definition) is 0. The lowest BCUT2D eigenvalue weighted by Crippen LogP contribution is -2.47. The number of nitrogens with zero attached hydrogens (tertiary/aromatic N) is 5. The number of piperazine rings is 1. The Hall–Kier alpha value is -2.77. The van der Waals surface area contributed by atoms with Gasteiger partial charge in [-0.3, -0.25) is 4.90 Å². The average Bonchev–Trinajstić information content (AvgIpc) is 3.23. The van der Waals surface area contributed by atoms with Crippen LogP contribution >= 0.6 is 0 Å². The predicted molar refractivity (Wildman–Crippen MR) is 143 cm³/mol. The zero-order chi connectivity index (χ0) is 25.5. The number of hydrogen-bond acceptors (Lipinski definition) is 4. The molecule has 3 aromatic rings. The third kappa shape index (κ3) is 6.31. The maximum absolute atomic E-state index is 14.3. The van der Waals surface area contributed by atoms with E-state index >= 15 is 0 Å². The summed E-state index contributed by atoms with van der Waals surface area (Å²) in [6.45, 7) is 13.9. The number of aryl methyl sites for hydroxylation is 1. The lowest BCUT2D eigenvalue weighted by molar-refractivity contribution is 0.254. The number of aromatic nitrogens is 2. The maximum atomic E-state index is 14.3. The fourth-order valence-electron chi connectivity index (χ4n) is 5.08. The Morgan fingerprint density at radius 1 is 0.861 bits per heavy atom. The Morgan fingerprint density at radius 3 is 2.25 bits per heavy atom. The van der Waals surface area contributed by atoms with Crippen LogP contribution in [0.5, 0.6) is 0 Å². The smallest absolute Gasteiger partial charge is 0.137 e. The zero-order valence-corrected chi connectivity index (χ0v) is 21.9. The summed E-state index contributed by atoms with van der Waals surface area (Å²) in [4.78, 5) is 7.32. The van der Waals surface area contributed by atoms with Crippen molar-refractivity contribution in [1.82, 2.24) is 19.6 Å². The molecule has 1 fully saturated rings. The Balaban J connectivity index is 1.75. The first-order valence-electron chi connectivity index (χ1n) is 13.3. The van der Waals surface area contributed by atoms with Gasteiger partial charge >= 0.3 is 0 Å². The summed E-state index contributed by atoms with van der Waals surface area (Å²) in [5.74, 6) is 0.614. The van der Waals surface area contributed by atoms with Gasteiger partial charge in [0.05, 0.1) is 11.4 Å². The van der Waals surface area contributed by atoms with Crippen molar-refractivity contribution in [3.8, 4) is 5.69 Å².